The first kappa shape index (κ1) is 21.6. The van der Waals surface area contributed by atoms with E-state index < -0.39 is 11.9 Å². The van der Waals surface area contributed by atoms with E-state index >= 15 is 0 Å². The summed E-state index contributed by atoms with van der Waals surface area (Å²) in [5, 5.41) is 8.05. The number of carbonyl (C=O) groups is 3. The van der Waals surface area contributed by atoms with Gasteiger partial charge in [0.15, 0.2) is 0 Å². The second kappa shape index (κ2) is 9.65. The zero-order valence-electron chi connectivity index (χ0n) is 17.4. The smallest absolute Gasteiger partial charge is 0.252 e. The predicted molar refractivity (Wildman–Crippen MR) is 127 cm³/mol. The molecule has 0 spiro atoms. The lowest BCUT2D eigenvalue weighted by Gasteiger charge is -2.27. The quantitative estimate of drug-likeness (QED) is 0.505. The van der Waals surface area contributed by atoms with Crippen LogP contribution in [0.5, 0.6) is 0 Å². The number of hydrogen-bond acceptors (Lipinski definition) is 5. The first-order valence-electron chi connectivity index (χ1n) is 10.4. The number of hydrogen-bond donors (Lipinski definition) is 3. The van der Waals surface area contributed by atoms with Crippen LogP contribution >= 0.6 is 11.3 Å². The summed E-state index contributed by atoms with van der Waals surface area (Å²) in [6.07, 6.45) is 2.50. The Hall–Kier alpha value is -3.65. The van der Waals surface area contributed by atoms with Gasteiger partial charge in [-0.3, -0.25) is 14.4 Å². The monoisotopic (exact) mass is 448 g/mol. The molecule has 1 fully saturated rings. The van der Waals surface area contributed by atoms with Crippen molar-refractivity contribution >= 4 is 46.1 Å². The minimum absolute atomic E-state index is 0.133. The molecule has 0 radical (unpaired) electrons. The van der Waals surface area contributed by atoms with Gasteiger partial charge < -0.3 is 21.3 Å². The Labute approximate surface area is 190 Å². The number of piperidine rings is 1. The fraction of sp³-hybridized carbons (Fsp3) is 0.208. The van der Waals surface area contributed by atoms with Crippen LogP contribution in [-0.4, -0.2) is 24.3 Å². The summed E-state index contributed by atoms with van der Waals surface area (Å²) in [5.41, 5.74) is 7.83. The largest absolute Gasteiger partial charge is 0.369 e. The van der Waals surface area contributed by atoms with Crippen molar-refractivity contribution in [1.82, 2.24) is 0 Å². The van der Waals surface area contributed by atoms with Gasteiger partial charge in [-0.1, -0.05) is 12.1 Å². The van der Waals surface area contributed by atoms with Crippen LogP contribution in [0.1, 0.15) is 40.5 Å². The fourth-order valence-corrected chi connectivity index (χ4v) is 4.44. The molecule has 0 bridgehead atoms. The van der Waals surface area contributed by atoms with Crippen molar-refractivity contribution in [2.75, 3.05) is 22.1 Å². The van der Waals surface area contributed by atoms with Gasteiger partial charge in [-0.25, -0.2) is 0 Å². The van der Waals surface area contributed by atoms with Gasteiger partial charge in [0.25, 0.3) is 5.91 Å². The second-order valence-corrected chi connectivity index (χ2v) is 8.56. The summed E-state index contributed by atoms with van der Waals surface area (Å²) in [4.78, 5) is 39.4. The van der Waals surface area contributed by atoms with Crippen LogP contribution in [0.25, 0.3) is 0 Å². The lowest BCUT2D eigenvalue weighted by molar-refractivity contribution is -0.119. The molecular formula is C24H24N4O3S. The minimum atomic E-state index is -0.651. The second-order valence-electron chi connectivity index (χ2n) is 7.58. The van der Waals surface area contributed by atoms with E-state index in [1.807, 2.05) is 29.6 Å². The Balaban J connectivity index is 1.50. The van der Waals surface area contributed by atoms with E-state index in [2.05, 4.69) is 10.6 Å². The number of rotatable bonds is 7. The number of nitrogens with one attached hydrogen (secondary N) is 2. The van der Waals surface area contributed by atoms with E-state index in [0.717, 1.165) is 30.0 Å². The molecular weight excluding hydrogens is 424 g/mol. The lowest BCUT2D eigenvalue weighted by Crippen LogP contribution is -2.35. The summed E-state index contributed by atoms with van der Waals surface area (Å²) in [5.74, 6) is -0.634. The normalized spacial score (nSPS) is 14.6. The Morgan fingerprint density at radius 1 is 1.00 bits per heavy atom. The maximum atomic E-state index is 13.1. The molecule has 32 heavy (non-hydrogen) atoms. The van der Waals surface area contributed by atoms with Crippen LogP contribution in [-0.2, 0) is 9.59 Å². The summed E-state index contributed by atoms with van der Waals surface area (Å²) < 4.78 is 0. The predicted octanol–water partition coefficient (Wildman–Crippen LogP) is 4.16. The molecule has 7 nitrogen and oxygen atoms in total. The topological polar surface area (TPSA) is 105 Å². The highest BCUT2D eigenvalue weighted by Crippen LogP contribution is 2.27. The maximum absolute atomic E-state index is 13.1. The highest BCUT2D eigenvalue weighted by Gasteiger charge is 2.23. The molecule has 1 aliphatic rings. The van der Waals surface area contributed by atoms with Crippen LogP contribution in [0.2, 0.25) is 0 Å². The van der Waals surface area contributed by atoms with Gasteiger partial charge in [-0.05, 0) is 66.8 Å². The number of thiophene rings is 1. The van der Waals surface area contributed by atoms with E-state index in [1.54, 1.807) is 41.3 Å². The molecule has 3 amide bonds. The van der Waals surface area contributed by atoms with Crippen molar-refractivity contribution in [3.8, 4) is 0 Å². The highest BCUT2D eigenvalue weighted by atomic mass is 32.1. The Morgan fingerprint density at radius 3 is 2.50 bits per heavy atom. The van der Waals surface area contributed by atoms with E-state index in [1.165, 1.54) is 11.3 Å². The van der Waals surface area contributed by atoms with E-state index in [0.29, 0.717) is 23.4 Å². The summed E-state index contributed by atoms with van der Waals surface area (Å²) in [6, 6.07) is 17.2. The minimum Gasteiger partial charge on any atom is -0.369 e. The summed E-state index contributed by atoms with van der Waals surface area (Å²) in [7, 11) is 0. The van der Waals surface area contributed by atoms with Gasteiger partial charge in [0.1, 0.15) is 6.04 Å². The van der Waals surface area contributed by atoms with Crippen LogP contribution in [0.15, 0.2) is 66.0 Å². The van der Waals surface area contributed by atoms with Crippen molar-refractivity contribution in [2.45, 2.75) is 25.3 Å². The molecule has 1 aliphatic heterocycles. The number of nitrogens with zero attached hydrogens (tertiary/aromatic N) is 1. The van der Waals surface area contributed by atoms with Crippen LogP contribution < -0.4 is 21.3 Å². The molecule has 0 aliphatic carbocycles. The molecule has 8 heteroatoms. The molecule has 1 atom stereocenters. The number of nitrogens with two attached hydrogens (primary N) is 1. The zero-order valence-corrected chi connectivity index (χ0v) is 18.2. The van der Waals surface area contributed by atoms with E-state index in [4.69, 9.17) is 5.73 Å². The zero-order chi connectivity index (χ0) is 22.5. The van der Waals surface area contributed by atoms with Crippen LogP contribution in [0.3, 0.4) is 0 Å². The molecule has 2 heterocycles. The third-order valence-corrected chi connectivity index (χ3v) is 6.26. The Bertz CT molecular complexity index is 1110. The van der Waals surface area contributed by atoms with Crippen molar-refractivity contribution < 1.29 is 14.4 Å². The van der Waals surface area contributed by atoms with Crippen molar-refractivity contribution in [2.24, 2.45) is 5.73 Å². The van der Waals surface area contributed by atoms with Crippen LogP contribution in [0, 0.1) is 0 Å². The van der Waals surface area contributed by atoms with Gasteiger partial charge in [0.05, 0.1) is 0 Å². The molecule has 1 unspecified atom stereocenters. The van der Waals surface area contributed by atoms with Gasteiger partial charge in [0.2, 0.25) is 11.8 Å². The van der Waals surface area contributed by atoms with Gasteiger partial charge in [-0.15, -0.1) is 11.3 Å². The molecule has 4 N–H and O–H groups in total. The van der Waals surface area contributed by atoms with Crippen LogP contribution in [0.4, 0.5) is 17.1 Å². The van der Waals surface area contributed by atoms with E-state index in [9.17, 15) is 14.4 Å². The summed E-state index contributed by atoms with van der Waals surface area (Å²) in [6.45, 7) is 0.722. The Morgan fingerprint density at radius 2 is 1.81 bits per heavy atom. The average molecular weight is 449 g/mol. The SMILES string of the molecule is NC(=O)c1cccc(NC(C(=O)Nc2ccc(N3CCCCC3=O)cc2)c2cccs2)c1. The molecule has 0 saturated carbocycles. The van der Waals surface area contributed by atoms with E-state index in [-0.39, 0.29) is 11.8 Å². The van der Waals surface area contributed by atoms with Gasteiger partial charge in [0, 0.05) is 40.5 Å². The first-order valence-corrected chi connectivity index (χ1v) is 11.3. The molecule has 1 aromatic heterocycles. The standard InChI is InChI=1S/C24H24N4O3S/c25-23(30)16-5-3-6-18(15-16)26-22(20-7-4-14-32-20)24(31)27-17-9-11-19(12-10-17)28-13-2-1-8-21(28)29/h3-7,9-12,14-15,22,26H,1-2,8,13H2,(H2,25,30)(H,27,31). The summed E-state index contributed by atoms with van der Waals surface area (Å²) >= 11 is 1.46. The molecule has 1 saturated heterocycles. The maximum Gasteiger partial charge on any atom is 0.252 e. The van der Waals surface area contributed by atoms with Gasteiger partial charge >= 0.3 is 0 Å². The van der Waals surface area contributed by atoms with Gasteiger partial charge in [-0.2, -0.15) is 0 Å². The lowest BCUT2D eigenvalue weighted by atomic mass is 10.1. The van der Waals surface area contributed by atoms with Crippen molar-refractivity contribution in [1.29, 1.82) is 0 Å². The molecule has 2 aromatic carbocycles. The number of amides is 3. The third-order valence-electron chi connectivity index (χ3n) is 5.32. The Kier molecular flexibility index (Phi) is 6.51. The van der Waals surface area contributed by atoms with Crippen molar-refractivity contribution in [3.63, 3.8) is 0 Å². The first-order chi connectivity index (χ1) is 15.5. The molecule has 4 rings (SSSR count). The third kappa shape index (κ3) is 4.97. The fourth-order valence-electron chi connectivity index (χ4n) is 3.67. The number of primary amides is 1. The highest BCUT2D eigenvalue weighted by molar-refractivity contribution is 7.10. The number of carbonyl (C=O) groups excluding carboxylic acids is 3. The number of benzene rings is 2. The number of anilines is 3. The van der Waals surface area contributed by atoms with Crippen molar-refractivity contribution in [3.05, 3.63) is 76.5 Å². The average Bonchev–Trinajstić information content (AvgIpc) is 3.33. The molecule has 3 aromatic rings. The molecule has 164 valence electrons.